The molecule has 0 bridgehead atoms. The van der Waals surface area contributed by atoms with Gasteiger partial charge >= 0.3 is 0 Å². The quantitative estimate of drug-likeness (QED) is 0.648. The monoisotopic (exact) mass is 279 g/mol. The number of fused-ring (bicyclic) bond motifs is 1. The van der Waals surface area contributed by atoms with Crippen LogP contribution in [0.4, 0.5) is 0 Å². The molecule has 2 aromatic carbocycles. The van der Waals surface area contributed by atoms with Gasteiger partial charge in [0.15, 0.2) is 5.58 Å². The summed E-state index contributed by atoms with van der Waals surface area (Å²) in [5, 5.41) is 5.39. The van der Waals surface area contributed by atoms with Gasteiger partial charge in [0.1, 0.15) is 0 Å². The van der Waals surface area contributed by atoms with Crippen LogP contribution in [0.15, 0.2) is 53.1 Å². The molecule has 2 heteroatoms. The molecule has 21 heavy (non-hydrogen) atoms. The van der Waals surface area contributed by atoms with Gasteiger partial charge in [-0.3, -0.25) is 0 Å². The Morgan fingerprint density at radius 3 is 2.38 bits per heavy atom. The number of hydrogen-bond donors (Lipinski definition) is 0. The molecule has 0 radical (unpaired) electrons. The van der Waals surface area contributed by atoms with Crippen LogP contribution in [0.2, 0.25) is 0 Å². The molecule has 0 aliphatic carbocycles. The SMILES string of the molecule is CC(C)c1ccc(CC(C)c2noc3ccccc23)cc1. The first-order chi connectivity index (χ1) is 10.1. The van der Waals surface area contributed by atoms with E-state index in [0.29, 0.717) is 11.8 Å². The molecule has 0 spiro atoms. The second kappa shape index (κ2) is 5.72. The fourth-order valence-corrected chi connectivity index (χ4v) is 2.75. The normalized spacial score (nSPS) is 13.0. The first kappa shape index (κ1) is 13.9. The smallest absolute Gasteiger partial charge is 0.167 e. The third kappa shape index (κ3) is 2.85. The summed E-state index contributed by atoms with van der Waals surface area (Å²) in [5.74, 6) is 0.925. The lowest BCUT2D eigenvalue weighted by Gasteiger charge is -2.10. The van der Waals surface area contributed by atoms with Crippen molar-refractivity contribution in [2.45, 2.75) is 39.0 Å². The number of benzene rings is 2. The molecule has 0 N–H and O–H groups in total. The first-order valence-electron chi connectivity index (χ1n) is 7.58. The maximum atomic E-state index is 5.41. The summed E-state index contributed by atoms with van der Waals surface area (Å²) in [6.45, 7) is 6.65. The first-order valence-corrected chi connectivity index (χ1v) is 7.58. The molecular formula is C19H21NO. The predicted octanol–water partition coefficient (Wildman–Crippen LogP) is 5.30. The van der Waals surface area contributed by atoms with Crippen molar-refractivity contribution in [3.63, 3.8) is 0 Å². The largest absolute Gasteiger partial charge is 0.356 e. The molecule has 1 atom stereocenters. The van der Waals surface area contributed by atoms with E-state index in [1.165, 1.54) is 11.1 Å². The van der Waals surface area contributed by atoms with Crippen LogP contribution in [-0.2, 0) is 6.42 Å². The van der Waals surface area contributed by atoms with Gasteiger partial charge in [-0.05, 0) is 35.6 Å². The average Bonchev–Trinajstić information content (AvgIpc) is 2.92. The zero-order valence-corrected chi connectivity index (χ0v) is 12.8. The predicted molar refractivity (Wildman–Crippen MR) is 86.7 cm³/mol. The molecule has 3 rings (SSSR count). The summed E-state index contributed by atoms with van der Waals surface area (Å²) in [4.78, 5) is 0. The Hall–Kier alpha value is -2.09. The van der Waals surface area contributed by atoms with Gasteiger partial charge in [-0.25, -0.2) is 0 Å². The highest BCUT2D eigenvalue weighted by Crippen LogP contribution is 2.27. The Morgan fingerprint density at radius 2 is 1.67 bits per heavy atom. The van der Waals surface area contributed by atoms with Crippen LogP contribution in [0.3, 0.4) is 0 Å². The number of para-hydroxylation sites is 1. The summed E-state index contributed by atoms with van der Waals surface area (Å²) in [5.41, 5.74) is 4.66. The highest BCUT2D eigenvalue weighted by molar-refractivity contribution is 5.79. The Bertz CT molecular complexity index is 725. The Balaban J connectivity index is 1.81. The van der Waals surface area contributed by atoms with Crippen LogP contribution in [0.1, 0.15) is 49.4 Å². The van der Waals surface area contributed by atoms with Crippen molar-refractivity contribution in [3.05, 3.63) is 65.4 Å². The molecule has 0 fully saturated rings. The minimum atomic E-state index is 0.346. The van der Waals surface area contributed by atoms with Gasteiger partial charge in [0, 0.05) is 11.3 Å². The molecule has 0 amide bonds. The highest BCUT2D eigenvalue weighted by atomic mass is 16.5. The van der Waals surface area contributed by atoms with Crippen molar-refractivity contribution in [1.82, 2.24) is 5.16 Å². The minimum Gasteiger partial charge on any atom is -0.356 e. The van der Waals surface area contributed by atoms with E-state index < -0.39 is 0 Å². The van der Waals surface area contributed by atoms with Crippen molar-refractivity contribution in [2.75, 3.05) is 0 Å². The van der Waals surface area contributed by atoms with E-state index >= 15 is 0 Å². The van der Waals surface area contributed by atoms with E-state index in [1.54, 1.807) is 0 Å². The highest BCUT2D eigenvalue weighted by Gasteiger charge is 2.15. The van der Waals surface area contributed by atoms with Crippen molar-refractivity contribution in [3.8, 4) is 0 Å². The summed E-state index contributed by atoms with van der Waals surface area (Å²) in [7, 11) is 0. The Labute approximate surface area is 125 Å². The average molecular weight is 279 g/mol. The number of nitrogens with zero attached hydrogens (tertiary/aromatic N) is 1. The van der Waals surface area contributed by atoms with E-state index in [0.717, 1.165) is 23.1 Å². The van der Waals surface area contributed by atoms with Crippen molar-refractivity contribution in [1.29, 1.82) is 0 Å². The molecule has 3 aromatic rings. The lowest BCUT2D eigenvalue weighted by atomic mass is 9.94. The second-order valence-electron chi connectivity index (χ2n) is 6.07. The fraction of sp³-hybridized carbons (Fsp3) is 0.316. The van der Waals surface area contributed by atoms with E-state index in [9.17, 15) is 0 Å². The summed E-state index contributed by atoms with van der Waals surface area (Å²) in [6.07, 6.45) is 0.981. The molecule has 0 aliphatic heterocycles. The topological polar surface area (TPSA) is 26.0 Å². The molecular weight excluding hydrogens is 258 g/mol. The van der Waals surface area contributed by atoms with Gasteiger partial charge in [0.2, 0.25) is 0 Å². The van der Waals surface area contributed by atoms with Crippen LogP contribution in [0, 0.1) is 0 Å². The standard InChI is InChI=1S/C19H21NO/c1-13(2)16-10-8-15(9-11-16)12-14(3)19-17-6-4-5-7-18(17)21-20-19/h4-11,13-14H,12H2,1-3H3. The van der Waals surface area contributed by atoms with Gasteiger partial charge in [-0.1, -0.05) is 62.3 Å². The maximum Gasteiger partial charge on any atom is 0.167 e. The second-order valence-corrected chi connectivity index (χ2v) is 6.07. The fourth-order valence-electron chi connectivity index (χ4n) is 2.75. The van der Waals surface area contributed by atoms with Gasteiger partial charge in [0.25, 0.3) is 0 Å². The van der Waals surface area contributed by atoms with E-state index in [-0.39, 0.29) is 0 Å². The summed E-state index contributed by atoms with van der Waals surface area (Å²) < 4.78 is 5.41. The van der Waals surface area contributed by atoms with Gasteiger partial charge < -0.3 is 4.52 Å². The number of aromatic nitrogens is 1. The molecule has 108 valence electrons. The maximum absolute atomic E-state index is 5.41. The lowest BCUT2D eigenvalue weighted by molar-refractivity contribution is 0.439. The third-order valence-corrected chi connectivity index (χ3v) is 4.06. The zero-order valence-electron chi connectivity index (χ0n) is 12.8. The number of hydrogen-bond acceptors (Lipinski definition) is 2. The number of rotatable bonds is 4. The van der Waals surface area contributed by atoms with E-state index in [4.69, 9.17) is 4.52 Å². The van der Waals surface area contributed by atoms with Crippen LogP contribution < -0.4 is 0 Å². The lowest BCUT2D eigenvalue weighted by Crippen LogP contribution is -2.00. The zero-order chi connectivity index (χ0) is 14.8. The minimum absolute atomic E-state index is 0.346. The van der Waals surface area contributed by atoms with Crippen molar-refractivity contribution >= 4 is 11.0 Å². The van der Waals surface area contributed by atoms with Gasteiger partial charge in [-0.2, -0.15) is 0 Å². The summed E-state index contributed by atoms with van der Waals surface area (Å²) >= 11 is 0. The van der Waals surface area contributed by atoms with Gasteiger partial charge in [0.05, 0.1) is 5.69 Å². The molecule has 1 aromatic heterocycles. The van der Waals surface area contributed by atoms with Crippen LogP contribution >= 0.6 is 0 Å². The van der Waals surface area contributed by atoms with Gasteiger partial charge in [-0.15, -0.1) is 0 Å². The molecule has 0 saturated heterocycles. The van der Waals surface area contributed by atoms with Crippen LogP contribution in [0.5, 0.6) is 0 Å². The van der Waals surface area contributed by atoms with Crippen LogP contribution in [-0.4, -0.2) is 5.16 Å². The third-order valence-electron chi connectivity index (χ3n) is 4.06. The molecule has 1 heterocycles. The van der Waals surface area contributed by atoms with E-state index in [1.807, 2.05) is 18.2 Å². The Morgan fingerprint density at radius 1 is 0.952 bits per heavy atom. The van der Waals surface area contributed by atoms with Crippen molar-refractivity contribution < 1.29 is 4.52 Å². The Kier molecular flexibility index (Phi) is 3.78. The summed E-state index contributed by atoms with van der Waals surface area (Å²) in [6, 6.07) is 17.0. The van der Waals surface area contributed by atoms with E-state index in [2.05, 4.69) is 56.3 Å². The molecule has 0 aliphatic rings. The van der Waals surface area contributed by atoms with Crippen LogP contribution in [0.25, 0.3) is 11.0 Å². The molecule has 2 nitrogen and oxygen atoms in total. The molecule has 0 saturated carbocycles. The van der Waals surface area contributed by atoms with Crippen molar-refractivity contribution in [2.24, 2.45) is 0 Å². The molecule has 1 unspecified atom stereocenters.